The van der Waals surface area contributed by atoms with Crippen molar-refractivity contribution in [2.24, 2.45) is 0 Å². The van der Waals surface area contributed by atoms with Crippen LogP contribution in [0.5, 0.6) is 11.5 Å². The average Bonchev–Trinajstić information content (AvgIpc) is 2.84. The summed E-state index contributed by atoms with van der Waals surface area (Å²) < 4.78 is 5.58. The molecule has 3 aromatic rings. The first-order valence-corrected chi connectivity index (χ1v) is 11.0. The molecule has 1 aliphatic rings. The Morgan fingerprint density at radius 2 is 1.75 bits per heavy atom. The molecule has 1 saturated heterocycles. The lowest BCUT2D eigenvalue weighted by molar-refractivity contribution is -0.122. The van der Waals surface area contributed by atoms with Gasteiger partial charge in [0.05, 0.1) is 5.69 Å². The predicted molar refractivity (Wildman–Crippen MR) is 134 cm³/mol. The molecule has 182 valence electrons. The fourth-order valence-electron chi connectivity index (χ4n) is 3.52. The van der Waals surface area contributed by atoms with E-state index in [1.807, 2.05) is 32.0 Å². The topological polar surface area (TPSA) is 125 Å². The van der Waals surface area contributed by atoms with E-state index in [4.69, 9.17) is 4.74 Å². The molecule has 0 radical (unpaired) electrons. The molecule has 0 unspecified atom stereocenters. The number of benzene rings is 3. The number of aromatic hydroxyl groups is 1. The van der Waals surface area contributed by atoms with Crippen molar-refractivity contribution in [1.29, 1.82) is 0 Å². The van der Waals surface area contributed by atoms with Crippen LogP contribution >= 0.6 is 0 Å². The van der Waals surface area contributed by atoms with Crippen molar-refractivity contribution in [1.82, 2.24) is 5.32 Å². The van der Waals surface area contributed by atoms with Gasteiger partial charge >= 0.3 is 6.03 Å². The SMILES string of the molecule is Cc1ccc(NC(=O)COc2cccc(/C=C3/C(=O)NC(=O)N(c4ccc(O)cc4)C3=O)c2)cc1C. The van der Waals surface area contributed by atoms with Crippen LogP contribution in [-0.2, 0) is 14.4 Å². The van der Waals surface area contributed by atoms with Gasteiger partial charge in [-0.05, 0) is 85.1 Å². The average molecular weight is 485 g/mol. The number of aryl methyl sites for hydroxylation is 2. The van der Waals surface area contributed by atoms with Gasteiger partial charge in [-0.1, -0.05) is 18.2 Å². The summed E-state index contributed by atoms with van der Waals surface area (Å²) in [7, 11) is 0. The van der Waals surface area contributed by atoms with Crippen LogP contribution in [0.3, 0.4) is 0 Å². The Bertz CT molecular complexity index is 1390. The first kappa shape index (κ1) is 24.2. The van der Waals surface area contributed by atoms with Crippen LogP contribution in [0.4, 0.5) is 16.2 Å². The van der Waals surface area contributed by atoms with Crippen LogP contribution in [0.15, 0.2) is 72.3 Å². The number of imide groups is 2. The summed E-state index contributed by atoms with van der Waals surface area (Å²) in [5.74, 6) is -1.66. The summed E-state index contributed by atoms with van der Waals surface area (Å²) in [6, 6.07) is 16.6. The van der Waals surface area contributed by atoms with E-state index in [2.05, 4.69) is 10.6 Å². The van der Waals surface area contributed by atoms with Gasteiger partial charge < -0.3 is 15.2 Å². The number of carbonyl (C=O) groups is 4. The molecule has 1 fully saturated rings. The Kier molecular flexibility index (Phi) is 6.82. The van der Waals surface area contributed by atoms with Crippen molar-refractivity contribution in [3.8, 4) is 11.5 Å². The fourth-order valence-corrected chi connectivity index (χ4v) is 3.52. The zero-order valence-electron chi connectivity index (χ0n) is 19.6. The molecule has 0 aromatic heterocycles. The number of barbiturate groups is 1. The number of nitrogens with zero attached hydrogens (tertiary/aromatic N) is 1. The van der Waals surface area contributed by atoms with Crippen molar-refractivity contribution in [3.63, 3.8) is 0 Å². The fraction of sp³-hybridized carbons (Fsp3) is 0.111. The lowest BCUT2D eigenvalue weighted by atomic mass is 10.1. The Morgan fingerprint density at radius 3 is 2.47 bits per heavy atom. The number of hydrogen-bond acceptors (Lipinski definition) is 6. The summed E-state index contributed by atoms with van der Waals surface area (Å²) in [4.78, 5) is 50.8. The lowest BCUT2D eigenvalue weighted by Crippen LogP contribution is -2.54. The van der Waals surface area contributed by atoms with E-state index in [1.54, 1.807) is 24.3 Å². The minimum absolute atomic E-state index is 0.0325. The summed E-state index contributed by atoms with van der Waals surface area (Å²) in [5.41, 5.74) is 3.24. The highest BCUT2D eigenvalue weighted by atomic mass is 16.5. The highest BCUT2D eigenvalue weighted by molar-refractivity contribution is 6.39. The molecule has 4 rings (SSSR count). The van der Waals surface area contributed by atoms with E-state index in [1.165, 1.54) is 30.3 Å². The Balaban J connectivity index is 1.47. The zero-order valence-corrected chi connectivity index (χ0v) is 19.6. The molecule has 0 atom stereocenters. The molecule has 3 aromatic carbocycles. The van der Waals surface area contributed by atoms with Gasteiger partial charge in [0, 0.05) is 5.69 Å². The second kappa shape index (κ2) is 10.1. The molecule has 36 heavy (non-hydrogen) atoms. The summed E-state index contributed by atoms with van der Waals surface area (Å²) in [5, 5.41) is 14.4. The number of rotatable bonds is 6. The molecule has 9 heteroatoms. The quantitative estimate of drug-likeness (QED) is 0.361. The Labute approximate surface area is 207 Å². The van der Waals surface area contributed by atoms with Crippen molar-refractivity contribution in [3.05, 3.63) is 89.0 Å². The highest BCUT2D eigenvalue weighted by Crippen LogP contribution is 2.24. The number of amides is 5. The van der Waals surface area contributed by atoms with Crippen molar-refractivity contribution >= 4 is 41.2 Å². The molecule has 0 spiro atoms. The number of nitrogens with one attached hydrogen (secondary N) is 2. The Hall–Kier alpha value is -4.92. The molecule has 1 aliphatic heterocycles. The maximum Gasteiger partial charge on any atom is 0.335 e. The molecule has 0 aliphatic carbocycles. The van der Waals surface area contributed by atoms with Crippen LogP contribution < -0.4 is 20.3 Å². The molecule has 9 nitrogen and oxygen atoms in total. The number of urea groups is 1. The summed E-state index contributed by atoms with van der Waals surface area (Å²) in [6.45, 7) is 3.70. The number of carbonyl (C=O) groups excluding carboxylic acids is 4. The first-order valence-electron chi connectivity index (χ1n) is 11.0. The molecular formula is C27H23N3O6. The van der Waals surface area contributed by atoms with Crippen LogP contribution in [0.25, 0.3) is 6.08 Å². The van der Waals surface area contributed by atoms with E-state index in [9.17, 15) is 24.3 Å². The minimum Gasteiger partial charge on any atom is -0.508 e. The maximum absolute atomic E-state index is 13.0. The van der Waals surface area contributed by atoms with Crippen molar-refractivity contribution in [2.75, 3.05) is 16.8 Å². The van der Waals surface area contributed by atoms with Gasteiger partial charge in [0.25, 0.3) is 17.7 Å². The molecule has 3 N–H and O–H groups in total. The monoisotopic (exact) mass is 485 g/mol. The van der Waals surface area contributed by atoms with Crippen LogP contribution in [0, 0.1) is 13.8 Å². The first-order chi connectivity index (χ1) is 17.2. The molecular weight excluding hydrogens is 462 g/mol. The predicted octanol–water partition coefficient (Wildman–Crippen LogP) is 3.69. The number of anilines is 2. The van der Waals surface area contributed by atoms with Crippen molar-refractivity contribution < 1.29 is 29.0 Å². The largest absolute Gasteiger partial charge is 0.508 e. The second-order valence-corrected chi connectivity index (χ2v) is 8.18. The number of phenolic OH excluding ortho intramolecular Hbond substituents is 1. The second-order valence-electron chi connectivity index (χ2n) is 8.18. The molecule has 0 bridgehead atoms. The van der Waals surface area contributed by atoms with E-state index >= 15 is 0 Å². The number of hydrogen-bond donors (Lipinski definition) is 3. The van der Waals surface area contributed by atoms with E-state index < -0.39 is 17.8 Å². The minimum atomic E-state index is -0.889. The summed E-state index contributed by atoms with van der Waals surface area (Å²) >= 11 is 0. The van der Waals surface area contributed by atoms with Gasteiger partial charge in [-0.3, -0.25) is 19.7 Å². The maximum atomic E-state index is 13.0. The van der Waals surface area contributed by atoms with Crippen LogP contribution in [-0.4, -0.2) is 35.5 Å². The van der Waals surface area contributed by atoms with Gasteiger partial charge in [-0.2, -0.15) is 0 Å². The third kappa shape index (κ3) is 5.41. The number of ether oxygens (including phenoxy) is 1. The zero-order chi connectivity index (χ0) is 25.8. The summed E-state index contributed by atoms with van der Waals surface area (Å²) in [6.07, 6.45) is 1.33. The third-order valence-electron chi connectivity index (χ3n) is 5.54. The van der Waals surface area contributed by atoms with Gasteiger partial charge in [0.2, 0.25) is 0 Å². The van der Waals surface area contributed by atoms with Gasteiger partial charge in [0.15, 0.2) is 6.61 Å². The van der Waals surface area contributed by atoms with Crippen molar-refractivity contribution in [2.45, 2.75) is 13.8 Å². The standard InChI is InChI=1S/C27H23N3O6/c1-16-6-7-19(12-17(16)2)28-24(32)15-36-22-5-3-4-18(13-22)14-23-25(33)29-27(35)30(26(23)34)20-8-10-21(31)11-9-20/h3-14,31H,15H2,1-2H3,(H,28,32)(H,29,33,35)/b23-14-. The van der Waals surface area contributed by atoms with Gasteiger partial charge in [-0.25, -0.2) is 9.69 Å². The van der Waals surface area contributed by atoms with Crippen LogP contribution in [0.1, 0.15) is 16.7 Å². The highest BCUT2D eigenvalue weighted by Gasteiger charge is 2.36. The Morgan fingerprint density at radius 1 is 1.00 bits per heavy atom. The third-order valence-corrected chi connectivity index (χ3v) is 5.54. The molecule has 5 amide bonds. The van der Waals surface area contributed by atoms with E-state index in [-0.39, 0.29) is 29.5 Å². The van der Waals surface area contributed by atoms with E-state index in [0.29, 0.717) is 17.0 Å². The molecule has 0 saturated carbocycles. The van der Waals surface area contributed by atoms with Gasteiger partial charge in [0.1, 0.15) is 17.1 Å². The molecule has 1 heterocycles. The lowest BCUT2D eigenvalue weighted by Gasteiger charge is -2.26. The van der Waals surface area contributed by atoms with Gasteiger partial charge in [-0.15, -0.1) is 0 Å². The van der Waals surface area contributed by atoms with Crippen LogP contribution in [0.2, 0.25) is 0 Å². The number of phenols is 1. The normalized spacial score (nSPS) is 14.6. The smallest absolute Gasteiger partial charge is 0.335 e. The van der Waals surface area contributed by atoms with E-state index in [0.717, 1.165) is 16.0 Å².